The maximum Gasteiger partial charge on any atom is 0.285 e. The molecule has 0 aliphatic carbocycles. The van der Waals surface area contributed by atoms with E-state index in [1.54, 1.807) is 0 Å². The van der Waals surface area contributed by atoms with Crippen molar-refractivity contribution < 1.29 is 28.9 Å². The van der Waals surface area contributed by atoms with E-state index in [-0.39, 0.29) is 12.5 Å². The minimum atomic E-state index is -9.17. The average Bonchev–Trinajstić information content (AvgIpc) is 2.57. The van der Waals surface area contributed by atoms with Crippen LogP contribution in [0.2, 0.25) is 0 Å². The van der Waals surface area contributed by atoms with Gasteiger partial charge in [-0.25, -0.2) is 0 Å². The first kappa shape index (κ1) is 28.9. The molecule has 0 aromatic heterocycles. The molecule has 0 atom stereocenters. The van der Waals surface area contributed by atoms with Crippen LogP contribution in [0.1, 0.15) is 104 Å². The minimum Gasteiger partial charge on any atom is -0.379 e. The lowest BCUT2D eigenvalue weighted by molar-refractivity contribution is 0.0186. The maximum absolute atomic E-state index is 12.1. The van der Waals surface area contributed by atoms with Gasteiger partial charge in [0.05, 0.1) is 25.1 Å². The number of rotatable bonds is 21. The molecule has 0 bridgehead atoms. The minimum absolute atomic E-state index is 0.238. The summed E-state index contributed by atoms with van der Waals surface area (Å²) in [5, 5.41) is 0. The molecule has 0 fully saturated rings. The quantitative estimate of drug-likeness (QED) is 0.127. The fourth-order valence-corrected chi connectivity index (χ4v) is 3.89. The maximum atomic E-state index is 12.1. The Kier molecular flexibility index (Phi) is 14.0. The Morgan fingerprint density at radius 1 is 0.517 bits per heavy atom. The van der Waals surface area contributed by atoms with Crippen LogP contribution in [0.15, 0.2) is 0 Å². The summed E-state index contributed by atoms with van der Waals surface area (Å²) >= 11 is 0. The van der Waals surface area contributed by atoms with Crippen molar-refractivity contribution in [2.24, 2.45) is 0 Å². The van der Waals surface area contributed by atoms with Gasteiger partial charge in [0, 0.05) is 6.61 Å². The molecular formula is C21H43F5O2S. The fraction of sp³-hybridized carbons (Fsp3) is 1.00. The summed E-state index contributed by atoms with van der Waals surface area (Å²) in [5.74, 6) is -1.90. The molecule has 0 aromatic rings. The molecule has 0 spiro atoms. The van der Waals surface area contributed by atoms with Gasteiger partial charge >= 0.3 is 0 Å². The second-order valence-corrected chi connectivity index (χ2v) is 11.0. The highest BCUT2D eigenvalue weighted by Crippen LogP contribution is 2.97. The smallest absolute Gasteiger partial charge is 0.285 e. The summed E-state index contributed by atoms with van der Waals surface area (Å²) < 4.78 is 71.7. The summed E-state index contributed by atoms with van der Waals surface area (Å²) in [4.78, 5) is 0. The molecule has 0 saturated carbocycles. The SMILES string of the molecule is CC(C)OCCOCCCCCCCCCCCCCCCCS(F)(F)(F)(F)F. The monoisotopic (exact) mass is 454 g/mol. The number of unbranched alkanes of at least 4 members (excludes halogenated alkanes) is 13. The lowest BCUT2D eigenvalue weighted by Crippen LogP contribution is -2.10. The normalized spacial score (nSPS) is 14.9. The van der Waals surface area contributed by atoms with E-state index in [0.29, 0.717) is 19.6 Å². The Morgan fingerprint density at radius 3 is 1.28 bits per heavy atom. The van der Waals surface area contributed by atoms with Gasteiger partial charge in [0.25, 0.3) is 10.2 Å². The van der Waals surface area contributed by atoms with Crippen LogP contribution in [0.25, 0.3) is 0 Å². The lowest BCUT2D eigenvalue weighted by Gasteiger charge is -2.40. The lowest BCUT2D eigenvalue weighted by atomic mass is 10.0. The molecule has 0 saturated heterocycles. The third-order valence-corrected chi connectivity index (χ3v) is 5.81. The molecule has 0 heterocycles. The highest BCUT2D eigenvalue weighted by atomic mass is 32.5. The van der Waals surface area contributed by atoms with E-state index in [1.807, 2.05) is 13.8 Å². The molecule has 0 radical (unpaired) electrons. The van der Waals surface area contributed by atoms with Crippen LogP contribution < -0.4 is 0 Å². The summed E-state index contributed by atoms with van der Waals surface area (Å²) in [6, 6.07) is 0. The van der Waals surface area contributed by atoms with E-state index in [9.17, 15) is 19.4 Å². The molecule has 8 heteroatoms. The molecule has 2 nitrogen and oxygen atoms in total. The summed E-state index contributed by atoms with van der Waals surface area (Å²) in [6.45, 7) is 6.17. The van der Waals surface area contributed by atoms with Crippen molar-refractivity contribution in [2.45, 2.75) is 110 Å². The topological polar surface area (TPSA) is 18.5 Å². The van der Waals surface area contributed by atoms with Gasteiger partial charge in [0.2, 0.25) is 0 Å². The zero-order chi connectivity index (χ0) is 22.1. The number of hydrogen-bond acceptors (Lipinski definition) is 2. The Hall–Kier alpha value is -0.0800. The Morgan fingerprint density at radius 2 is 0.897 bits per heavy atom. The Labute approximate surface area is 175 Å². The first-order valence-electron chi connectivity index (χ1n) is 11.3. The van der Waals surface area contributed by atoms with Crippen LogP contribution in [0, 0.1) is 0 Å². The second-order valence-electron chi connectivity index (χ2n) is 8.31. The van der Waals surface area contributed by atoms with Gasteiger partial charge < -0.3 is 9.47 Å². The second kappa shape index (κ2) is 14.1. The van der Waals surface area contributed by atoms with Crippen LogP contribution in [0.5, 0.6) is 0 Å². The van der Waals surface area contributed by atoms with E-state index in [4.69, 9.17) is 9.47 Å². The molecule has 0 aliphatic heterocycles. The summed E-state index contributed by atoms with van der Waals surface area (Å²) in [5.41, 5.74) is 0. The summed E-state index contributed by atoms with van der Waals surface area (Å²) in [7, 11) is -9.17. The highest BCUT2D eigenvalue weighted by Gasteiger charge is 2.62. The van der Waals surface area contributed by atoms with E-state index in [0.717, 1.165) is 38.7 Å². The van der Waals surface area contributed by atoms with Gasteiger partial charge in [-0.2, -0.15) is 0 Å². The highest BCUT2D eigenvalue weighted by molar-refractivity contribution is 8.45. The molecule has 0 amide bonds. The molecule has 0 aliphatic rings. The molecule has 0 aromatic carbocycles. The predicted molar refractivity (Wildman–Crippen MR) is 115 cm³/mol. The van der Waals surface area contributed by atoms with Gasteiger partial charge in [-0.1, -0.05) is 96.5 Å². The van der Waals surface area contributed by atoms with Gasteiger partial charge in [0.15, 0.2) is 0 Å². The van der Waals surface area contributed by atoms with Crippen LogP contribution in [0.4, 0.5) is 19.4 Å². The average molecular weight is 455 g/mol. The molecule has 0 N–H and O–H groups in total. The Bertz CT molecular complexity index is 387. The van der Waals surface area contributed by atoms with Crippen molar-refractivity contribution in [3.63, 3.8) is 0 Å². The standard InChI is InChI=1S/C21H43F5O2S/c1-21(2)28-19-18-27-17-15-13-11-9-7-5-3-4-6-8-10-12-14-16-20-29(22,23,24,25)26/h21H,3-20H2,1-2H3. The molecule has 180 valence electrons. The van der Waals surface area contributed by atoms with Crippen molar-refractivity contribution in [1.29, 1.82) is 0 Å². The summed E-state index contributed by atoms with van der Waals surface area (Å²) in [6.07, 6.45) is 13.2. The van der Waals surface area contributed by atoms with Crippen molar-refractivity contribution in [3.8, 4) is 0 Å². The van der Waals surface area contributed by atoms with Crippen molar-refractivity contribution in [2.75, 3.05) is 25.6 Å². The van der Waals surface area contributed by atoms with Gasteiger partial charge in [-0.15, -0.1) is 0 Å². The van der Waals surface area contributed by atoms with E-state index in [1.165, 1.54) is 38.5 Å². The Balaban J connectivity index is 3.16. The fourth-order valence-electron chi connectivity index (χ4n) is 3.15. The third kappa shape index (κ3) is 27.9. The first-order chi connectivity index (χ1) is 13.4. The van der Waals surface area contributed by atoms with Gasteiger partial charge in [-0.3, -0.25) is 0 Å². The van der Waals surface area contributed by atoms with E-state index < -0.39 is 22.4 Å². The molecular weight excluding hydrogens is 411 g/mol. The molecule has 0 rings (SSSR count). The predicted octanol–water partition coefficient (Wildman–Crippen LogP) is 9.19. The van der Waals surface area contributed by atoms with Crippen molar-refractivity contribution in [3.05, 3.63) is 0 Å². The van der Waals surface area contributed by atoms with Crippen molar-refractivity contribution >= 4 is 10.2 Å². The van der Waals surface area contributed by atoms with Gasteiger partial charge in [-0.05, 0) is 26.7 Å². The van der Waals surface area contributed by atoms with Gasteiger partial charge in [0.1, 0.15) is 0 Å². The molecule has 29 heavy (non-hydrogen) atoms. The van der Waals surface area contributed by atoms with Crippen molar-refractivity contribution in [1.82, 2.24) is 0 Å². The zero-order valence-electron chi connectivity index (χ0n) is 18.4. The van der Waals surface area contributed by atoms with Crippen LogP contribution in [-0.4, -0.2) is 31.7 Å². The largest absolute Gasteiger partial charge is 0.379 e. The van der Waals surface area contributed by atoms with E-state index >= 15 is 0 Å². The van der Waals surface area contributed by atoms with Crippen LogP contribution in [0.3, 0.4) is 0 Å². The van der Waals surface area contributed by atoms with Crippen LogP contribution >= 0.6 is 10.2 Å². The first-order valence-corrected chi connectivity index (χ1v) is 13.4. The number of ether oxygens (including phenoxy) is 2. The number of halogens is 5. The van der Waals surface area contributed by atoms with E-state index in [2.05, 4.69) is 0 Å². The van der Waals surface area contributed by atoms with Crippen LogP contribution in [-0.2, 0) is 9.47 Å². The number of hydrogen-bond donors (Lipinski definition) is 0. The zero-order valence-corrected chi connectivity index (χ0v) is 19.2. The molecule has 0 unspecified atom stereocenters. The third-order valence-electron chi connectivity index (χ3n) is 4.75.